The maximum atomic E-state index is 9.04. The van der Waals surface area contributed by atoms with Crippen LogP contribution in [-0.2, 0) is 0 Å². The largest absolute Gasteiger partial charge is 0.396 e. The number of rotatable bonds is 17. The van der Waals surface area contributed by atoms with E-state index in [2.05, 4.69) is 6.92 Å². The molecule has 0 unspecified atom stereocenters. The van der Waals surface area contributed by atoms with E-state index in [1.807, 2.05) is 0 Å². The van der Waals surface area contributed by atoms with Crippen LogP contribution in [0.3, 0.4) is 0 Å². The molecule has 0 aromatic rings. The standard InChI is InChI=1S/C19H41NO2/c1-2-3-4-5-6-7-8-9-10-11-12-13-19(20)18(14-16-21)15-17-22/h18-19,21-22H,2-17,20H2,1H3/t19-/m0/s1. The van der Waals surface area contributed by atoms with Crippen LogP contribution in [0.15, 0.2) is 0 Å². The minimum absolute atomic E-state index is 0.137. The summed E-state index contributed by atoms with van der Waals surface area (Å²) in [6.45, 7) is 2.62. The van der Waals surface area contributed by atoms with Crippen LogP contribution in [0.5, 0.6) is 0 Å². The second-order valence-electron chi connectivity index (χ2n) is 6.77. The highest BCUT2D eigenvalue weighted by Gasteiger charge is 2.16. The summed E-state index contributed by atoms with van der Waals surface area (Å²) in [6.07, 6.45) is 17.4. The molecule has 0 spiro atoms. The Morgan fingerprint density at radius 2 is 1.05 bits per heavy atom. The number of hydrogen-bond acceptors (Lipinski definition) is 3. The van der Waals surface area contributed by atoms with Crippen LogP contribution in [0, 0.1) is 5.92 Å². The maximum Gasteiger partial charge on any atom is 0.0434 e. The minimum atomic E-state index is 0.137. The van der Waals surface area contributed by atoms with Gasteiger partial charge in [-0.05, 0) is 25.2 Å². The van der Waals surface area contributed by atoms with Crippen LogP contribution in [-0.4, -0.2) is 29.5 Å². The average molecular weight is 316 g/mol. The monoisotopic (exact) mass is 315 g/mol. The Balaban J connectivity index is 3.37. The van der Waals surface area contributed by atoms with Gasteiger partial charge in [-0.2, -0.15) is 0 Å². The van der Waals surface area contributed by atoms with Gasteiger partial charge in [-0.25, -0.2) is 0 Å². The second kappa shape index (κ2) is 17.2. The molecule has 0 aromatic carbocycles. The lowest BCUT2D eigenvalue weighted by Crippen LogP contribution is -2.31. The van der Waals surface area contributed by atoms with E-state index in [0.29, 0.717) is 0 Å². The number of nitrogens with two attached hydrogens (primary N) is 1. The lowest BCUT2D eigenvalue weighted by Gasteiger charge is -2.22. The van der Waals surface area contributed by atoms with Gasteiger partial charge in [0.05, 0.1) is 0 Å². The van der Waals surface area contributed by atoms with Crippen LogP contribution >= 0.6 is 0 Å². The van der Waals surface area contributed by atoms with Crippen molar-refractivity contribution in [1.82, 2.24) is 0 Å². The van der Waals surface area contributed by atoms with Gasteiger partial charge >= 0.3 is 0 Å². The molecule has 0 aliphatic carbocycles. The van der Waals surface area contributed by atoms with Gasteiger partial charge in [0.15, 0.2) is 0 Å². The fourth-order valence-electron chi connectivity index (χ4n) is 3.18. The zero-order chi connectivity index (χ0) is 16.5. The number of hydrogen-bond donors (Lipinski definition) is 3. The molecule has 0 aromatic heterocycles. The van der Waals surface area contributed by atoms with Crippen molar-refractivity contribution < 1.29 is 10.2 Å². The Kier molecular flexibility index (Phi) is 17.1. The molecule has 0 amide bonds. The molecule has 22 heavy (non-hydrogen) atoms. The zero-order valence-electron chi connectivity index (χ0n) is 14.9. The summed E-state index contributed by atoms with van der Waals surface area (Å²) in [6, 6.07) is 0.137. The van der Waals surface area contributed by atoms with Crippen LogP contribution < -0.4 is 5.73 Å². The molecule has 0 aliphatic heterocycles. The molecular weight excluding hydrogens is 274 g/mol. The van der Waals surface area contributed by atoms with Crippen molar-refractivity contribution in [2.24, 2.45) is 11.7 Å². The summed E-state index contributed by atoms with van der Waals surface area (Å²) in [5.74, 6) is 0.276. The van der Waals surface area contributed by atoms with Crippen LogP contribution in [0.4, 0.5) is 0 Å². The molecule has 1 atom stereocenters. The quantitative estimate of drug-likeness (QED) is 0.349. The Bertz CT molecular complexity index is 206. The van der Waals surface area contributed by atoms with Crippen molar-refractivity contribution in [2.45, 2.75) is 103 Å². The Labute approximate surface area is 138 Å². The molecule has 0 bridgehead atoms. The lowest BCUT2D eigenvalue weighted by molar-refractivity contribution is 0.195. The van der Waals surface area contributed by atoms with Crippen molar-refractivity contribution in [3.05, 3.63) is 0 Å². The zero-order valence-corrected chi connectivity index (χ0v) is 14.9. The highest BCUT2D eigenvalue weighted by atomic mass is 16.3. The molecule has 3 nitrogen and oxygen atoms in total. The topological polar surface area (TPSA) is 66.5 Å². The highest BCUT2D eigenvalue weighted by Crippen LogP contribution is 2.18. The van der Waals surface area contributed by atoms with Gasteiger partial charge in [-0.1, -0.05) is 77.6 Å². The summed E-state index contributed by atoms with van der Waals surface area (Å²) in [7, 11) is 0. The average Bonchev–Trinajstić information content (AvgIpc) is 2.52. The fraction of sp³-hybridized carbons (Fsp3) is 1.00. The number of aliphatic hydroxyl groups excluding tert-OH is 2. The smallest absolute Gasteiger partial charge is 0.0434 e. The van der Waals surface area contributed by atoms with Gasteiger partial charge in [0.25, 0.3) is 0 Å². The van der Waals surface area contributed by atoms with Crippen molar-refractivity contribution in [2.75, 3.05) is 13.2 Å². The van der Waals surface area contributed by atoms with Crippen molar-refractivity contribution >= 4 is 0 Å². The summed E-state index contributed by atoms with van der Waals surface area (Å²) in [4.78, 5) is 0. The predicted molar refractivity (Wildman–Crippen MR) is 95.9 cm³/mol. The molecule has 134 valence electrons. The first-order valence-corrected chi connectivity index (χ1v) is 9.73. The van der Waals surface area contributed by atoms with E-state index in [4.69, 9.17) is 15.9 Å². The molecule has 0 saturated heterocycles. The van der Waals surface area contributed by atoms with Gasteiger partial charge in [0.1, 0.15) is 0 Å². The molecule has 0 fully saturated rings. The SMILES string of the molecule is CCCCCCCCCCCCC[C@H](N)C(CCO)CCO. The third-order valence-corrected chi connectivity index (χ3v) is 4.75. The van der Waals surface area contributed by atoms with Crippen LogP contribution in [0.1, 0.15) is 96.8 Å². The van der Waals surface area contributed by atoms with Gasteiger partial charge in [-0.3, -0.25) is 0 Å². The number of unbranched alkanes of at least 4 members (excludes halogenated alkanes) is 10. The van der Waals surface area contributed by atoms with E-state index in [0.717, 1.165) is 19.3 Å². The van der Waals surface area contributed by atoms with Gasteiger partial charge < -0.3 is 15.9 Å². The van der Waals surface area contributed by atoms with Crippen molar-refractivity contribution in [3.63, 3.8) is 0 Å². The Hall–Kier alpha value is -0.120. The van der Waals surface area contributed by atoms with Gasteiger partial charge in [0, 0.05) is 19.3 Å². The second-order valence-corrected chi connectivity index (χ2v) is 6.77. The predicted octanol–water partition coefficient (Wildman–Crippen LogP) is 4.40. The van der Waals surface area contributed by atoms with Gasteiger partial charge in [-0.15, -0.1) is 0 Å². The molecule has 0 radical (unpaired) electrons. The Morgan fingerprint density at radius 3 is 1.45 bits per heavy atom. The van der Waals surface area contributed by atoms with E-state index in [1.165, 1.54) is 70.6 Å². The van der Waals surface area contributed by atoms with E-state index in [-0.39, 0.29) is 25.2 Å². The molecular formula is C19H41NO2. The normalized spacial score (nSPS) is 13.0. The molecule has 0 rings (SSSR count). The van der Waals surface area contributed by atoms with Crippen molar-refractivity contribution in [3.8, 4) is 0 Å². The van der Waals surface area contributed by atoms with E-state index < -0.39 is 0 Å². The summed E-state index contributed by atoms with van der Waals surface area (Å²) >= 11 is 0. The molecule has 4 N–H and O–H groups in total. The summed E-state index contributed by atoms with van der Waals surface area (Å²) in [5, 5.41) is 18.1. The summed E-state index contributed by atoms with van der Waals surface area (Å²) in [5.41, 5.74) is 6.19. The number of aliphatic hydroxyl groups is 2. The first-order valence-electron chi connectivity index (χ1n) is 9.73. The van der Waals surface area contributed by atoms with Crippen molar-refractivity contribution in [1.29, 1.82) is 0 Å². The van der Waals surface area contributed by atoms with Crippen LogP contribution in [0.2, 0.25) is 0 Å². The first-order chi connectivity index (χ1) is 10.8. The molecule has 0 heterocycles. The third-order valence-electron chi connectivity index (χ3n) is 4.75. The molecule has 0 aliphatic rings. The summed E-state index contributed by atoms with van der Waals surface area (Å²) < 4.78 is 0. The van der Waals surface area contributed by atoms with E-state index in [9.17, 15) is 0 Å². The third kappa shape index (κ3) is 13.5. The first kappa shape index (κ1) is 21.9. The van der Waals surface area contributed by atoms with E-state index in [1.54, 1.807) is 0 Å². The van der Waals surface area contributed by atoms with E-state index >= 15 is 0 Å². The maximum absolute atomic E-state index is 9.04. The molecule has 3 heteroatoms. The minimum Gasteiger partial charge on any atom is -0.396 e. The Morgan fingerprint density at radius 1 is 0.636 bits per heavy atom. The van der Waals surface area contributed by atoms with Crippen LogP contribution in [0.25, 0.3) is 0 Å². The fourth-order valence-corrected chi connectivity index (χ4v) is 3.18. The molecule has 0 saturated carbocycles. The lowest BCUT2D eigenvalue weighted by atomic mass is 9.90. The highest BCUT2D eigenvalue weighted by molar-refractivity contribution is 4.72. The van der Waals surface area contributed by atoms with Gasteiger partial charge in [0.2, 0.25) is 0 Å².